The molecular weight excluding hydrogens is 324 g/mol. The van der Waals surface area contributed by atoms with Crippen molar-refractivity contribution in [3.05, 3.63) is 52.8 Å². The Labute approximate surface area is 154 Å². The number of nitrogens with zero attached hydrogens (tertiary/aromatic N) is 3. The molecule has 0 radical (unpaired) electrons. The van der Waals surface area contributed by atoms with Crippen molar-refractivity contribution in [2.24, 2.45) is 0 Å². The number of benzene rings is 1. The predicted octanol–water partition coefficient (Wildman–Crippen LogP) is 2.60. The summed E-state index contributed by atoms with van der Waals surface area (Å²) >= 11 is 0. The fourth-order valence-corrected chi connectivity index (χ4v) is 4.51. The number of hydrogen-bond donors (Lipinski definition) is 1. The van der Waals surface area contributed by atoms with Crippen LogP contribution >= 0.6 is 0 Å². The van der Waals surface area contributed by atoms with E-state index in [4.69, 9.17) is 0 Å². The first-order valence-electron chi connectivity index (χ1n) is 9.93. The molecule has 1 amide bonds. The topological polar surface area (TPSA) is 52.2 Å². The Morgan fingerprint density at radius 3 is 2.54 bits per heavy atom. The molecule has 2 aliphatic carbocycles. The number of aromatic nitrogens is 2. The highest BCUT2D eigenvalue weighted by Crippen LogP contribution is 2.39. The largest absolute Gasteiger partial charge is 0.336 e. The summed E-state index contributed by atoms with van der Waals surface area (Å²) in [5, 5.41) is 7.34. The maximum absolute atomic E-state index is 12.8. The minimum atomic E-state index is 0.0877. The zero-order chi connectivity index (χ0) is 17.5. The van der Waals surface area contributed by atoms with E-state index in [1.807, 2.05) is 11.0 Å². The standard InChI is InChI=1S/C21H26N4O/c26-21(20-14-19(22-23-20)15-6-7-15)25-9-3-8-24(10-11-25)18-12-16-4-1-2-5-17(16)13-18/h1-2,4-5,14-15,18H,3,6-13H2,(H,22,23). The number of nitrogens with one attached hydrogen (secondary N) is 1. The van der Waals surface area contributed by atoms with Crippen molar-refractivity contribution in [1.82, 2.24) is 20.0 Å². The molecule has 0 atom stereocenters. The molecule has 136 valence electrons. The Hall–Kier alpha value is -2.14. The maximum Gasteiger partial charge on any atom is 0.274 e. The van der Waals surface area contributed by atoms with Crippen molar-refractivity contribution in [2.45, 2.75) is 44.1 Å². The van der Waals surface area contributed by atoms with Crippen LogP contribution in [0.4, 0.5) is 0 Å². The van der Waals surface area contributed by atoms with Crippen LogP contribution in [-0.2, 0) is 12.8 Å². The van der Waals surface area contributed by atoms with Gasteiger partial charge in [0.15, 0.2) is 0 Å². The first kappa shape index (κ1) is 16.1. The number of carbonyl (C=O) groups is 1. The van der Waals surface area contributed by atoms with Crippen molar-refractivity contribution in [3.63, 3.8) is 0 Å². The highest BCUT2D eigenvalue weighted by atomic mass is 16.2. The van der Waals surface area contributed by atoms with E-state index in [0.717, 1.165) is 51.1 Å². The monoisotopic (exact) mass is 350 g/mol. The molecule has 0 spiro atoms. The Bertz CT molecular complexity index is 785. The first-order chi connectivity index (χ1) is 12.8. The minimum absolute atomic E-state index is 0.0877. The third kappa shape index (κ3) is 3.05. The summed E-state index contributed by atoms with van der Waals surface area (Å²) in [4.78, 5) is 17.4. The molecule has 5 nitrogen and oxygen atoms in total. The number of aromatic amines is 1. The van der Waals surface area contributed by atoms with Gasteiger partial charge in [-0.25, -0.2) is 0 Å². The summed E-state index contributed by atoms with van der Waals surface area (Å²) in [5.41, 5.74) is 4.72. The SMILES string of the molecule is O=C(c1cc(C2CC2)[nH]n1)N1CCCN(C2Cc3ccccc3C2)CC1. The Balaban J connectivity index is 1.22. The van der Waals surface area contributed by atoms with Crippen LogP contribution in [0, 0.1) is 0 Å². The van der Waals surface area contributed by atoms with Crippen molar-refractivity contribution < 1.29 is 4.79 Å². The third-order valence-electron chi connectivity index (χ3n) is 6.20. The summed E-state index contributed by atoms with van der Waals surface area (Å²) in [5.74, 6) is 0.692. The first-order valence-corrected chi connectivity index (χ1v) is 9.93. The fourth-order valence-electron chi connectivity index (χ4n) is 4.51. The Morgan fingerprint density at radius 1 is 1.04 bits per heavy atom. The summed E-state index contributed by atoms with van der Waals surface area (Å²) in [6, 6.07) is 11.4. The number of amides is 1. The van der Waals surface area contributed by atoms with E-state index in [0.29, 0.717) is 17.7 Å². The van der Waals surface area contributed by atoms with Crippen LogP contribution in [-0.4, -0.2) is 58.1 Å². The molecule has 5 heteroatoms. The van der Waals surface area contributed by atoms with Crippen LogP contribution < -0.4 is 0 Å². The van der Waals surface area contributed by atoms with Gasteiger partial charge in [0.2, 0.25) is 0 Å². The molecule has 2 aromatic rings. The van der Waals surface area contributed by atoms with Crippen LogP contribution in [0.3, 0.4) is 0 Å². The highest BCUT2D eigenvalue weighted by Gasteiger charge is 2.31. The number of hydrogen-bond acceptors (Lipinski definition) is 3. The number of fused-ring (bicyclic) bond motifs is 1. The van der Waals surface area contributed by atoms with Gasteiger partial charge in [-0.2, -0.15) is 5.10 Å². The number of carbonyl (C=O) groups excluding carboxylic acids is 1. The zero-order valence-electron chi connectivity index (χ0n) is 15.2. The second kappa shape index (κ2) is 6.54. The molecule has 0 unspecified atom stereocenters. The molecule has 26 heavy (non-hydrogen) atoms. The Morgan fingerprint density at radius 2 is 1.81 bits per heavy atom. The van der Waals surface area contributed by atoms with Crippen molar-refractivity contribution in [2.75, 3.05) is 26.2 Å². The molecule has 2 fully saturated rings. The third-order valence-corrected chi connectivity index (χ3v) is 6.20. The second-order valence-corrected chi connectivity index (χ2v) is 8.00. The molecule has 2 heterocycles. The quantitative estimate of drug-likeness (QED) is 0.926. The van der Waals surface area contributed by atoms with Gasteiger partial charge >= 0.3 is 0 Å². The lowest BCUT2D eigenvalue weighted by Crippen LogP contribution is -2.40. The van der Waals surface area contributed by atoms with Crippen LogP contribution in [0.1, 0.15) is 52.5 Å². The fraction of sp³-hybridized carbons (Fsp3) is 0.524. The number of H-pyrrole nitrogens is 1. The molecule has 3 aliphatic rings. The van der Waals surface area contributed by atoms with E-state index in [-0.39, 0.29) is 5.91 Å². The van der Waals surface area contributed by atoms with Crippen LogP contribution in [0.25, 0.3) is 0 Å². The minimum Gasteiger partial charge on any atom is -0.336 e. The van der Waals surface area contributed by atoms with E-state index in [1.54, 1.807) is 0 Å². The summed E-state index contributed by atoms with van der Waals surface area (Å²) in [6.45, 7) is 3.68. The van der Waals surface area contributed by atoms with Crippen LogP contribution in [0.5, 0.6) is 0 Å². The number of rotatable bonds is 3. The Kier molecular flexibility index (Phi) is 4.04. The van der Waals surface area contributed by atoms with Gasteiger partial charge in [-0.15, -0.1) is 0 Å². The van der Waals surface area contributed by atoms with Gasteiger partial charge in [0, 0.05) is 43.8 Å². The normalized spacial score (nSPS) is 21.6. The molecule has 5 rings (SSSR count). The van der Waals surface area contributed by atoms with Gasteiger partial charge in [0.05, 0.1) is 0 Å². The van der Waals surface area contributed by atoms with Gasteiger partial charge in [-0.3, -0.25) is 14.8 Å². The van der Waals surface area contributed by atoms with E-state index in [1.165, 1.54) is 24.0 Å². The van der Waals surface area contributed by atoms with Crippen molar-refractivity contribution in [3.8, 4) is 0 Å². The van der Waals surface area contributed by atoms with Gasteiger partial charge in [0.1, 0.15) is 5.69 Å². The van der Waals surface area contributed by atoms with Crippen molar-refractivity contribution >= 4 is 5.91 Å². The van der Waals surface area contributed by atoms with E-state index >= 15 is 0 Å². The predicted molar refractivity (Wildman–Crippen MR) is 100 cm³/mol. The molecule has 1 saturated heterocycles. The summed E-state index contributed by atoms with van der Waals surface area (Å²) < 4.78 is 0. The molecule has 1 N–H and O–H groups in total. The van der Waals surface area contributed by atoms with Crippen LogP contribution in [0.15, 0.2) is 30.3 Å². The van der Waals surface area contributed by atoms with Gasteiger partial charge in [-0.1, -0.05) is 24.3 Å². The molecule has 1 aromatic heterocycles. The molecule has 1 aromatic carbocycles. The maximum atomic E-state index is 12.8. The molecule has 1 aliphatic heterocycles. The lowest BCUT2D eigenvalue weighted by atomic mass is 10.1. The zero-order valence-corrected chi connectivity index (χ0v) is 15.2. The molecular formula is C21H26N4O. The molecule has 0 bridgehead atoms. The molecule has 1 saturated carbocycles. The lowest BCUT2D eigenvalue weighted by molar-refractivity contribution is 0.0752. The highest BCUT2D eigenvalue weighted by molar-refractivity contribution is 5.92. The van der Waals surface area contributed by atoms with Gasteiger partial charge in [-0.05, 0) is 49.3 Å². The van der Waals surface area contributed by atoms with Crippen LogP contribution in [0.2, 0.25) is 0 Å². The second-order valence-electron chi connectivity index (χ2n) is 8.00. The smallest absolute Gasteiger partial charge is 0.274 e. The average molecular weight is 350 g/mol. The lowest BCUT2D eigenvalue weighted by Gasteiger charge is -2.27. The summed E-state index contributed by atoms with van der Waals surface area (Å²) in [6.07, 6.45) is 5.78. The van der Waals surface area contributed by atoms with Crippen molar-refractivity contribution in [1.29, 1.82) is 0 Å². The van der Waals surface area contributed by atoms with E-state index in [2.05, 4.69) is 39.4 Å². The van der Waals surface area contributed by atoms with E-state index < -0.39 is 0 Å². The average Bonchev–Trinajstić information content (AvgIpc) is 3.32. The van der Waals surface area contributed by atoms with E-state index in [9.17, 15) is 4.79 Å². The van der Waals surface area contributed by atoms with Gasteiger partial charge in [0.25, 0.3) is 5.91 Å². The summed E-state index contributed by atoms with van der Waals surface area (Å²) in [7, 11) is 0. The van der Waals surface area contributed by atoms with Gasteiger partial charge < -0.3 is 4.90 Å².